The summed E-state index contributed by atoms with van der Waals surface area (Å²) < 4.78 is 0. The van der Waals surface area contributed by atoms with E-state index in [1.54, 1.807) is 16.2 Å². The van der Waals surface area contributed by atoms with E-state index in [4.69, 9.17) is 0 Å². The zero-order chi connectivity index (χ0) is 15.5. The minimum Gasteiger partial charge on any atom is -0.352 e. The molecule has 0 spiro atoms. The van der Waals surface area contributed by atoms with Crippen LogP contribution in [0, 0.1) is 0 Å². The summed E-state index contributed by atoms with van der Waals surface area (Å²) in [7, 11) is 0. The minimum atomic E-state index is -0.294. The number of amides is 3. The van der Waals surface area contributed by atoms with Crippen LogP contribution in [0.25, 0.3) is 0 Å². The molecule has 0 aromatic carbocycles. The van der Waals surface area contributed by atoms with Crippen LogP contribution in [0.3, 0.4) is 0 Å². The first kappa shape index (κ1) is 15.3. The molecule has 2 aliphatic rings. The molecule has 2 fully saturated rings. The molecule has 6 heteroatoms. The predicted molar refractivity (Wildman–Crippen MR) is 87.0 cm³/mol. The molecule has 3 amide bonds. The average Bonchev–Trinajstić information content (AvgIpc) is 3.00. The molecule has 0 unspecified atom stereocenters. The van der Waals surface area contributed by atoms with Gasteiger partial charge in [0.15, 0.2) is 0 Å². The lowest BCUT2D eigenvalue weighted by Crippen LogP contribution is -2.50. The maximum Gasteiger partial charge on any atom is 0.318 e. The zero-order valence-corrected chi connectivity index (χ0v) is 13.7. The van der Waals surface area contributed by atoms with Gasteiger partial charge in [0, 0.05) is 19.1 Å². The number of urea groups is 1. The molecular formula is C16H23N3O2S. The standard InChI is InChI=1S/C16H23N3O2S/c1-11(12-6-8-22-10-12)9-17-16(21)19-7-2-3-14(19)15(20)18-13-4-5-13/h6,8,10-11,13-14H,2-5,7,9H2,1H3,(H,17,21)(H,18,20)/t11-,14-/m1/s1. The molecule has 3 rings (SSSR count). The molecule has 2 heterocycles. The lowest BCUT2D eigenvalue weighted by molar-refractivity contribution is -0.124. The monoisotopic (exact) mass is 321 g/mol. The molecule has 1 aliphatic heterocycles. The van der Waals surface area contributed by atoms with Gasteiger partial charge in [-0.05, 0) is 54.0 Å². The molecule has 1 saturated heterocycles. The Kier molecular flexibility index (Phi) is 4.66. The van der Waals surface area contributed by atoms with Crippen LogP contribution in [-0.2, 0) is 4.79 Å². The summed E-state index contributed by atoms with van der Waals surface area (Å²) in [6.45, 7) is 3.37. The molecule has 0 radical (unpaired) electrons. The molecule has 120 valence electrons. The third-order valence-electron chi connectivity index (χ3n) is 4.41. The van der Waals surface area contributed by atoms with Gasteiger partial charge in [0.2, 0.25) is 5.91 Å². The molecule has 1 aromatic rings. The zero-order valence-electron chi connectivity index (χ0n) is 12.9. The van der Waals surface area contributed by atoms with E-state index in [0.29, 0.717) is 19.1 Å². The van der Waals surface area contributed by atoms with Crippen molar-refractivity contribution in [3.8, 4) is 0 Å². The Balaban J connectivity index is 1.50. The highest BCUT2D eigenvalue weighted by Crippen LogP contribution is 2.23. The lowest BCUT2D eigenvalue weighted by Gasteiger charge is -2.25. The van der Waals surface area contributed by atoms with E-state index in [1.807, 2.05) is 5.38 Å². The third kappa shape index (κ3) is 3.61. The normalized spacial score (nSPS) is 22.4. The average molecular weight is 321 g/mol. The fourth-order valence-electron chi connectivity index (χ4n) is 2.82. The number of rotatable bonds is 5. The van der Waals surface area contributed by atoms with Crippen molar-refractivity contribution in [3.05, 3.63) is 22.4 Å². The Morgan fingerprint density at radius 2 is 2.23 bits per heavy atom. The summed E-state index contributed by atoms with van der Waals surface area (Å²) in [6, 6.07) is 2.02. The highest BCUT2D eigenvalue weighted by molar-refractivity contribution is 7.07. The second kappa shape index (κ2) is 6.69. The van der Waals surface area contributed by atoms with E-state index >= 15 is 0 Å². The van der Waals surface area contributed by atoms with Gasteiger partial charge in [-0.1, -0.05) is 6.92 Å². The van der Waals surface area contributed by atoms with Crippen LogP contribution in [0.4, 0.5) is 4.79 Å². The van der Waals surface area contributed by atoms with Gasteiger partial charge in [-0.3, -0.25) is 4.79 Å². The quantitative estimate of drug-likeness (QED) is 0.874. The Hall–Kier alpha value is -1.56. The molecule has 1 saturated carbocycles. The van der Waals surface area contributed by atoms with Gasteiger partial charge in [0.05, 0.1) is 0 Å². The molecular weight excluding hydrogens is 298 g/mol. The maximum atomic E-state index is 12.4. The van der Waals surface area contributed by atoms with Crippen molar-refractivity contribution in [3.63, 3.8) is 0 Å². The number of nitrogens with one attached hydrogen (secondary N) is 2. The number of carbonyl (C=O) groups excluding carboxylic acids is 2. The topological polar surface area (TPSA) is 61.4 Å². The van der Waals surface area contributed by atoms with Gasteiger partial charge >= 0.3 is 6.03 Å². The molecule has 0 bridgehead atoms. The smallest absolute Gasteiger partial charge is 0.318 e. The van der Waals surface area contributed by atoms with E-state index in [9.17, 15) is 9.59 Å². The SMILES string of the molecule is C[C@H](CNC(=O)N1CCC[C@@H]1C(=O)NC1CC1)c1ccsc1. The lowest BCUT2D eigenvalue weighted by atomic mass is 10.1. The highest BCUT2D eigenvalue weighted by atomic mass is 32.1. The van der Waals surface area contributed by atoms with E-state index in [-0.39, 0.29) is 23.9 Å². The predicted octanol–water partition coefficient (Wildman–Crippen LogP) is 2.30. The van der Waals surface area contributed by atoms with Gasteiger partial charge in [-0.15, -0.1) is 0 Å². The molecule has 1 aromatic heterocycles. The van der Waals surface area contributed by atoms with Gasteiger partial charge in [-0.25, -0.2) is 4.79 Å². The highest BCUT2D eigenvalue weighted by Gasteiger charge is 2.36. The Morgan fingerprint density at radius 3 is 2.91 bits per heavy atom. The van der Waals surface area contributed by atoms with Crippen molar-refractivity contribution in [2.75, 3.05) is 13.1 Å². The van der Waals surface area contributed by atoms with E-state index < -0.39 is 0 Å². The molecule has 22 heavy (non-hydrogen) atoms. The number of likely N-dealkylation sites (tertiary alicyclic amines) is 1. The third-order valence-corrected chi connectivity index (χ3v) is 5.11. The van der Waals surface area contributed by atoms with Crippen molar-refractivity contribution in [2.24, 2.45) is 0 Å². The Morgan fingerprint density at radius 1 is 1.41 bits per heavy atom. The van der Waals surface area contributed by atoms with Crippen molar-refractivity contribution >= 4 is 23.3 Å². The summed E-state index contributed by atoms with van der Waals surface area (Å²) in [5, 5.41) is 10.1. The molecule has 1 aliphatic carbocycles. The van der Waals surface area contributed by atoms with Crippen LogP contribution in [0.2, 0.25) is 0 Å². The van der Waals surface area contributed by atoms with Crippen LogP contribution < -0.4 is 10.6 Å². The first-order valence-electron chi connectivity index (χ1n) is 8.02. The van der Waals surface area contributed by atoms with E-state index in [1.165, 1.54) is 5.56 Å². The van der Waals surface area contributed by atoms with Gasteiger partial charge in [0.25, 0.3) is 0 Å². The van der Waals surface area contributed by atoms with Crippen molar-refractivity contribution in [1.29, 1.82) is 0 Å². The maximum absolute atomic E-state index is 12.4. The summed E-state index contributed by atoms with van der Waals surface area (Å²) in [4.78, 5) is 26.3. The van der Waals surface area contributed by atoms with Gasteiger partial charge in [-0.2, -0.15) is 11.3 Å². The van der Waals surface area contributed by atoms with Crippen LogP contribution >= 0.6 is 11.3 Å². The Labute approximate surface area is 135 Å². The van der Waals surface area contributed by atoms with Crippen molar-refractivity contribution in [1.82, 2.24) is 15.5 Å². The summed E-state index contributed by atoms with van der Waals surface area (Å²) in [5.41, 5.74) is 1.25. The fraction of sp³-hybridized carbons (Fsp3) is 0.625. The number of thiophene rings is 1. The Bertz CT molecular complexity index is 528. The number of hydrogen-bond donors (Lipinski definition) is 2. The van der Waals surface area contributed by atoms with Crippen molar-refractivity contribution in [2.45, 2.75) is 50.6 Å². The summed E-state index contributed by atoms with van der Waals surface area (Å²) >= 11 is 1.67. The first-order valence-corrected chi connectivity index (χ1v) is 8.96. The first-order chi connectivity index (χ1) is 10.6. The summed E-state index contributed by atoms with van der Waals surface area (Å²) in [5.74, 6) is 0.303. The largest absolute Gasteiger partial charge is 0.352 e. The number of carbonyl (C=O) groups is 2. The van der Waals surface area contributed by atoms with E-state index in [2.05, 4.69) is 29.0 Å². The summed E-state index contributed by atoms with van der Waals surface area (Å²) in [6.07, 6.45) is 3.81. The number of nitrogens with zero attached hydrogens (tertiary/aromatic N) is 1. The number of hydrogen-bond acceptors (Lipinski definition) is 3. The van der Waals surface area contributed by atoms with Crippen LogP contribution in [0.15, 0.2) is 16.8 Å². The van der Waals surface area contributed by atoms with Gasteiger partial charge < -0.3 is 15.5 Å². The van der Waals surface area contributed by atoms with Crippen LogP contribution in [-0.4, -0.2) is 42.0 Å². The fourth-order valence-corrected chi connectivity index (χ4v) is 3.60. The van der Waals surface area contributed by atoms with E-state index in [0.717, 1.165) is 25.7 Å². The molecule has 2 atom stereocenters. The second-order valence-electron chi connectivity index (χ2n) is 6.28. The second-order valence-corrected chi connectivity index (χ2v) is 7.06. The van der Waals surface area contributed by atoms with Crippen LogP contribution in [0.5, 0.6) is 0 Å². The molecule has 5 nitrogen and oxygen atoms in total. The van der Waals surface area contributed by atoms with Crippen LogP contribution in [0.1, 0.15) is 44.1 Å². The molecule has 2 N–H and O–H groups in total. The minimum absolute atomic E-state index is 0.0148. The van der Waals surface area contributed by atoms with Gasteiger partial charge in [0.1, 0.15) is 6.04 Å². The van der Waals surface area contributed by atoms with Crippen molar-refractivity contribution < 1.29 is 9.59 Å².